The Morgan fingerprint density at radius 2 is 2.40 bits per heavy atom. The van der Waals surface area contributed by atoms with Crippen LogP contribution in [-0.4, -0.2) is 33.1 Å². The van der Waals surface area contributed by atoms with E-state index in [4.69, 9.17) is 4.74 Å². The minimum Gasteiger partial charge on any atom is -0.493 e. The number of ether oxygens (including phenoxy) is 1. The number of amides is 1. The standard InChI is InChI=1S/C12H14FN5O2/c1-8(12-15-17-18-16-12)14-11(19)5-6-20-10-4-2-3-9(13)7-10/h2-4,7-8H,5-6H2,1H3,(H,14,19)(H,15,16,17,18). The average Bonchev–Trinajstić information content (AvgIpc) is 2.92. The van der Waals surface area contributed by atoms with Gasteiger partial charge in [-0.1, -0.05) is 11.3 Å². The maximum atomic E-state index is 12.9. The molecule has 0 saturated heterocycles. The molecule has 0 radical (unpaired) electrons. The molecule has 0 bridgehead atoms. The molecule has 0 fully saturated rings. The summed E-state index contributed by atoms with van der Waals surface area (Å²) in [7, 11) is 0. The minimum atomic E-state index is -0.377. The van der Waals surface area contributed by atoms with Gasteiger partial charge in [-0.3, -0.25) is 4.79 Å². The van der Waals surface area contributed by atoms with Crippen LogP contribution in [0.4, 0.5) is 4.39 Å². The van der Waals surface area contributed by atoms with Crippen LogP contribution in [0.25, 0.3) is 0 Å². The van der Waals surface area contributed by atoms with E-state index >= 15 is 0 Å². The van der Waals surface area contributed by atoms with Crippen molar-refractivity contribution >= 4 is 5.91 Å². The number of hydrogen-bond acceptors (Lipinski definition) is 5. The molecule has 1 heterocycles. The maximum Gasteiger partial charge on any atom is 0.224 e. The van der Waals surface area contributed by atoms with Crippen LogP contribution >= 0.6 is 0 Å². The number of halogens is 1. The van der Waals surface area contributed by atoms with E-state index in [2.05, 4.69) is 25.9 Å². The number of hydrogen-bond donors (Lipinski definition) is 2. The van der Waals surface area contributed by atoms with E-state index in [9.17, 15) is 9.18 Å². The molecule has 7 nitrogen and oxygen atoms in total. The van der Waals surface area contributed by atoms with Crippen LogP contribution in [0.2, 0.25) is 0 Å². The third kappa shape index (κ3) is 4.01. The van der Waals surface area contributed by atoms with Gasteiger partial charge in [0.1, 0.15) is 11.6 Å². The van der Waals surface area contributed by atoms with Crippen LogP contribution in [0, 0.1) is 5.82 Å². The normalized spacial score (nSPS) is 11.9. The molecule has 1 aromatic carbocycles. The number of carbonyl (C=O) groups excluding carboxylic acids is 1. The molecular weight excluding hydrogens is 265 g/mol. The minimum absolute atomic E-state index is 0.151. The molecule has 2 rings (SSSR count). The van der Waals surface area contributed by atoms with Gasteiger partial charge in [0.25, 0.3) is 0 Å². The third-order valence-electron chi connectivity index (χ3n) is 2.52. The molecule has 0 saturated carbocycles. The number of H-pyrrole nitrogens is 1. The van der Waals surface area contributed by atoms with Crippen molar-refractivity contribution in [3.63, 3.8) is 0 Å². The highest BCUT2D eigenvalue weighted by molar-refractivity contribution is 5.76. The predicted octanol–water partition coefficient (Wildman–Crippen LogP) is 0.985. The summed E-state index contributed by atoms with van der Waals surface area (Å²) in [5.74, 6) is 0.213. The zero-order chi connectivity index (χ0) is 14.4. The Hall–Kier alpha value is -2.51. The Balaban J connectivity index is 1.73. The lowest BCUT2D eigenvalue weighted by Gasteiger charge is -2.10. The molecule has 1 unspecified atom stereocenters. The van der Waals surface area contributed by atoms with E-state index in [1.807, 2.05) is 0 Å². The Labute approximate surface area is 114 Å². The Morgan fingerprint density at radius 1 is 1.55 bits per heavy atom. The topological polar surface area (TPSA) is 92.8 Å². The molecule has 2 aromatic rings. The smallest absolute Gasteiger partial charge is 0.224 e. The number of rotatable bonds is 6. The zero-order valence-corrected chi connectivity index (χ0v) is 10.8. The lowest BCUT2D eigenvalue weighted by molar-refractivity contribution is -0.122. The first-order chi connectivity index (χ1) is 9.65. The Kier molecular flexibility index (Phi) is 4.59. The summed E-state index contributed by atoms with van der Waals surface area (Å²) < 4.78 is 18.2. The van der Waals surface area contributed by atoms with Gasteiger partial charge in [-0.2, -0.15) is 5.21 Å². The lowest BCUT2D eigenvalue weighted by Crippen LogP contribution is -2.28. The summed E-state index contributed by atoms with van der Waals surface area (Å²) in [6.45, 7) is 1.91. The van der Waals surface area contributed by atoms with E-state index in [1.165, 1.54) is 12.1 Å². The molecule has 0 aliphatic rings. The number of nitrogens with one attached hydrogen (secondary N) is 2. The number of aromatic amines is 1. The van der Waals surface area contributed by atoms with Crippen LogP contribution in [0.1, 0.15) is 25.2 Å². The van der Waals surface area contributed by atoms with Crippen molar-refractivity contribution < 1.29 is 13.9 Å². The number of aromatic nitrogens is 4. The highest BCUT2D eigenvalue weighted by Crippen LogP contribution is 2.12. The van der Waals surface area contributed by atoms with Gasteiger partial charge in [0.2, 0.25) is 5.91 Å². The van der Waals surface area contributed by atoms with E-state index in [0.29, 0.717) is 11.6 Å². The summed E-state index contributed by atoms with van der Waals surface area (Å²) in [4.78, 5) is 11.7. The molecule has 1 amide bonds. The lowest BCUT2D eigenvalue weighted by atomic mass is 10.3. The van der Waals surface area contributed by atoms with Crippen LogP contribution < -0.4 is 10.1 Å². The number of tetrazole rings is 1. The molecule has 2 N–H and O–H groups in total. The van der Waals surface area contributed by atoms with Crippen molar-refractivity contribution in [1.82, 2.24) is 25.9 Å². The highest BCUT2D eigenvalue weighted by atomic mass is 19.1. The maximum absolute atomic E-state index is 12.9. The molecule has 8 heteroatoms. The molecule has 106 valence electrons. The molecule has 1 aromatic heterocycles. The van der Waals surface area contributed by atoms with Crippen molar-refractivity contribution in [1.29, 1.82) is 0 Å². The number of nitrogens with zero attached hydrogens (tertiary/aromatic N) is 3. The van der Waals surface area contributed by atoms with E-state index in [1.54, 1.807) is 19.1 Å². The third-order valence-corrected chi connectivity index (χ3v) is 2.52. The summed E-state index contributed by atoms with van der Waals surface area (Å²) in [5.41, 5.74) is 0. The summed E-state index contributed by atoms with van der Waals surface area (Å²) in [6.07, 6.45) is 0.151. The summed E-state index contributed by atoms with van der Waals surface area (Å²) in [6, 6.07) is 5.42. The molecule has 1 atom stereocenters. The fraction of sp³-hybridized carbons (Fsp3) is 0.333. The number of benzene rings is 1. The second-order valence-corrected chi connectivity index (χ2v) is 4.12. The van der Waals surface area contributed by atoms with Gasteiger partial charge in [0, 0.05) is 6.07 Å². The van der Waals surface area contributed by atoms with Gasteiger partial charge in [0.05, 0.1) is 19.1 Å². The van der Waals surface area contributed by atoms with Gasteiger partial charge in [-0.05, 0) is 19.1 Å². The second kappa shape index (κ2) is 6.60. The van der Waals surface area contributed by atoms with E-state index in [0.717, 1.165) is 0 Å². The van der Waals surface area contributed by atoms with Crippen LogP contribution in [0.3, 0.4) is 0 Å². The first kappa shape index (κ1) is 13.9. The van der Waals surface area contributed by atoms with Crippen LogP contribution in [0.5, 0.6) is 5.75 Å². The quantitative estimate of drug-likeness (QED) is 0.822. The van der Waals surface area contributed by atoms with Crippen molar-refractivity contribution in [3.8, 4) is 5.75 Å². The Bertz CT molecular complexity index is 561. The van der Waals surface area contributed by atoms with Gasteiger partial charge >= 0.3 is 0 Å². The summed E-state index contributed by atoms with van der Waals surface area (Å²) in [5, 5.41) is 16.0. The first-order valence-electron chi connectivity index (χ1n) is 6.06. The molecule has 0 spiro atoms. The molecule has 0 aliphatic carbocycles. The molecule has 0 aliphatic heterocycles. The van der Waals surface area contributed by atoms with E-state index < -0.39 is 0 Å². The van der Waals surface area contributed by atoms with Gasteiger partial charge < -0.3 is 10.1 Å². The van der Waals surface area contributed by atoms with E-state index in [-0.39, 0.29) is 30.8 Å². The van der Waals surface area contributed by atoms with Crippen molar-refractivity contribution in [3.05, 3.63) is 35.9 Å². The monoisotopic (exact) mass is 279 g/mol. The van der Waals surface area contributed by atoms with Crippen molar-refractivity contribution in [2.24, 2.45) is 0 Å². The largest absolute Gasteiger partial charge is 0.493 e. The van der Waals surface area contributed by atoms with Crippen molar-refractivity contribution in [2.75, 3.05) is 6.61 Å². The van der Waals surface area contributed by atoms with Gasteiger partial charge in [-0.25, -0.2) is 4.39 Å². The molecular formula is C12H14FN5O2. The highest BCUT2D eigenvalue weighted by Gasteiger charge is 2.13. The van der Waals surface area contributed by atoms with Crippen LogP contribution in [0.15, 0.2) is 24.3 Å². The number of carbonyl (C=O) groups is 1. The zero-order valence-electron chi connectivity index (χ0n) is 10.8. The molecule has 20 heavy (non-hydrogen) atoms. The summed E-state index contributed by atoms with van der Waals surface area (Å²) >= 11 is 0. The first-order valence-corrected chi connectivity index (χ1v) is 6.06. The predicted molar refractivity (Wildman–Crippen MR) is 67.2 cm³/mol. The fourth-order valence-electron chi connectivity index (χ4n) is 1.55. The second-order valence-electron chi connectivity index (χ2n) is 4.12. The fourth-order valence-corrected chi connectivity index (χ4v) is 1.55. The average molecular weight is 279 g/mol. The van der Waals surface area contributed by atoms with Gasteiger partial charge in [-0.15, -0.1) is 10.2 Å². The van der Waals surface area contributed by atoms with Crippen molar-refractivity contribution in [2.45, 2.75) is 19.4 Å². The Morgan fingerprint density at radius 3 is 3.10 bits per heavy atom. The van der Waals surface area contributed by atoms with Gasteiger partial charge in [0.15, 0.2) is 5.82 Å². The van der Waals surface area contributed by atoms with Crippen LogP contribution in [-0.2, 0) is 4.79 Å². The SMILES string of the molecule is CC(NC(=O)CCOc1cccc(F)c1)c1nn[nH]n1.